The van der Waals surface area contributed by atoms with Gasteiger partial charge in [0.15, 0.2) is 0 Å². The van der Waals surface area contributed by atoms with Crippen molar-refractivity contribution in [1.82, 2.24) is 5.32 Å². The van der Waals surface area contributed by atoms with Gasteiger partial charge in [-0.15, -0.1) is 17.0 Å². The zero-order valence-corrected chi connectivity index (χ0v) is 19.2. The lowest BCUT2D eigenvalue weighted by molar-refractivity contribution is 0.426. The van der Waals surface area contributed by atoms with E-state index in [1.807, 2.05) is 12.1 Å². The number of phenolic OH excluding ortho intramolecular Hbond substituents is 1. The molecule has 1 aromatic carbocycles. The maximum absolute atomic E-state index is 9.92. The average molecular weight is 441 g/mol. The molecule has 1 aliphatic carbocycles. The molecule has 1 unspecified atom stereocenters. The van der Waals surface area contributed by atoms with Crippen molar-refractivity contribution >= 4 is 17.0 Å². The topological polar surface area (TPSA) is 32.3 Å². The van der Waals surface area contributed by atoms with E-state index in [-0.39, 0.29) is 17.0 Å². The number of rotatable bonds is 14. The van der Waals surface area contributed by atoms with E-state index in [9.17, 15) is 5.11 Å². The van der Waals surface area contributed by atoms with Crippen LogP contribution >= 0.6 is 17.0 Å². The number of fused-ring (bicyclic) bond motifs is 1. The predicted octanol–water partition coefficient (Wildman–Crippen LogP) is 7.12. The highest BCUT2D eigenvalue weighted by Crippen LogP contribution is 2.28. The number of phenols is 1. The number of hydrogen-bond acceptors (Lipinski definition) is 2. The van der Waals surface area contributed by atoms with E-state index < -0.39 is 0 Å². The van der Waals surface area contributed by atoms with Crippen molar-refractivity contribution in [3.63, 3.8) is 0 Å². The molecule has 2 rings (SSSR count). The molecule has 0 radical (unpaired) electrons. The Morgan fingerprint density at radius 3 is 2.11 bits per heavy atom. The first-order valence-electron chi connectivity index (χ1n) is 11.3. The Bertz CT molecular complexity index is 491. The summed E-state index contributed by atoms with van der Waals surface area (Å²) >= 11 is 0. The number of benzene rings is 1. The third-order valence-electron chi connectivity index (χ3n) is 5.92. The van der Waals surface area contributed by atoms with Crippen LogP contribution in [-0.2, 0) is 12.8 Å². The summed E-state index contributed by atoms with van der Waals surface area (Å²) in [4.78, 5) is 0. The molecule has 1 atom stereocenters. The fourth-order valence-electron chi connectivity index (χ4n) is 4.23. The van der Waals surface area contributed by atoms with E-state index in [2.05, 4.69) is 18.3 Å². The Labute approximate surface area is 178 Å². The normalized spacial score (nSPS) is 16.0. The van der Waals surface area contributed by atoms with Gasteiger partial charge in [-0.25, -0.2) is 0 Å². The Hall–Kier alpha value is -0.540. The molecule has 156 valence electrons. The van der Waals surface area contributed by atoms with Gasteiger partial charge in [-0.3, -0.25) is 0 Å². The molecule has 0 amide bonds. The third-order valence-corrected chi connectivity index (χ3v) is 5.92. The van der Waals surface area contributed by atoms with Gasteiger partial charge in [0, 0.05) is 6.04 Å². The SMILES string of the molecule is Br.CCCCCCCCCCCCCCNC1CCc2c(O)cccc2C1. The lowest BCUT2D eigenvalue weighted by Gasteiger charge is -2.26. The van der Waals surface area contributed by atoms with Crippen LogP contribution in [0.25, 0.3) is 0 Å². The summed E-state index contributed by atoms with van der Waals surface area (Å²) in [6.07, 6.45) is 20.2. The summed E-state index contributed by atoms with van der Waals surface area (Å²) in [5.41, 5.74) is 2.51. The summed E-state index contributed by atoms with van der Waals surface area (Å²) in [7, 11) is 0. The van der Waals surface area contributed by atoms with Crippen LogP contribution in [0.2, 0.25) is 0 Å². The highest BCUT2D eigenvalue weighted by molar-refractivity contribution is 8.93. The van der Waals surface area contributed by atoms with E-state index in [0.29, 0.717) is 11.8 Å². The Kier molecular flexibility index (Phi) is 14.0. The van der Waals surface area contributed by atoms with Gasteiger partial charge in [-0.05, 0) is 49.4 Å². The summed E-state index contributed by atoms with van der Waals surface area (Å²) < 4.78 is 0. The van der Waals surface area contributed by atoms with Crippen LogP contribution in [0, 0.1) is 0 Å². The van der Waals surface area contributed by atoms with Gasteiger partial charge in [0.2, 0.25) is 0 Å². The van der Waals surface area contributed by atoms with Crippen LogP contribution in [0.15, 0.2) is 18.2 Å². The number of aromatic hydroxyl groups is 1. The molecule has 1 aliphatic rings. The lowest BCUT2D eigenvalue weighted by atomic mass is 9.87. The molecule has 2 N–H and O–H groups in total. The number of halogens is 1. The van der Waals surface area contributed by atoms with Crippen LogP contribution in [0.5, 0.6) is 5.75 Å². The second kappa shape index (κ2) is 15.4. The largest absolute Gasteiger partial charge is 0.508 e. The van der Waals surface area contributed by atoms with Crippen molar-refractivity contribution in [1.29, 1.82) is 0 Å². The zero-order valence-electron chi connectivity index (χ0n) is 17.5. The zero-order chi connectivity index (χ0) is 18.5. The molecule has 2 nitrogen and oxygen atoms in total. The first-order valence-corrected chi connectivity index (χ1v) is 11.3. The molecular formula is C24H42BrNO. The summed E-state index contributed by atoms with van der Waals surface area (Å²) in [6, 6.07) is 6.56. The number of nitrogens with one attached hydrogen (secondary N) is 1. The molecule has 27 heavy (non-hydrogen) atoms. The quantitative estimate of drug-likeness (QED) is 0.302. The minimum absolute atomic E-state index is 0. The Morgan fingerprint density at radius 2 is 1.48 bits per heavy atom. The minimum Gasteiger partial charge on any atom is -0.508 e. The van der Waals surface area contributed by atoms with Gasteiger partial charge < -0.3 is 10.4 Å². The summed E-state index contributed by atoms with van der Waals surface area (Å²) in [5.74, 6) is 0.488. The lowest BCUT2D eigenvalue weighted by Crippen LogP contribution is -2.35. The molecule has 3 heteroatoms. The molecule has 0 saturated heterocycles. The standard InChI is InChI=1S/C24H41NO.BrH/c1-2-3-4-5-6-7-8-9-10-11-12-13-19-25-22-17-18-23-21(20-22)15-14-16-24(23)26;/h14-16,22,25-26H,2-13,17-20H2,1H3;1H. The Morgan fingerprint density at radius 1 is 0.889 bits per heavy atom. The average Bonchev–Trinajstić information content (AvgIpc) is 2.65. The van der Waals surface area contributed by atoms with E-state index >= 15 is 0 Å². The van der Waals surface area contributed by atoms with Crippen LogP contribution in [0.3, 0.4) is 0 Å². The first kappa shape index (κ1) is 24.5. The van der Waals surface area contributed by atoms with E-state index in [0.717, 1.165) is 25.8 Å². The molecule has 0 aliphatic heterocycles. The van der Waals surface area contributed by atoms with Crippen molar-refractivity contribution < 1.29 is 5.11 Å². The molecule has 1 aromatic rings. The second-order valence-electron chi connectivity index (χ2n) is 8.20. The Balaban J connectivity index is 0.00000364. The van der Waals surface area contributed by atoms with E-state index in [1.54, 1.807) is 0 Å². The number of hydrogen-bond donors (Lipinski definition) is 2. The van der Waals surface area contributed by atoms with Gasteiger partial charge in [0.25, 0.3) is 0 Å². The molecule has 0 aromatic heterocycles. The van der Waals surface area contributed by atoms with Crippen LogP contribution in [-0.4, -0.2) is 17.7 Å². The van der Waals surface area contributed by atoms with Gasteiger partial charge in [-0.2, -0.15) is 0 Å². The second-order valence-corrected chi connectivity index (χ2v) is 8.20. The van der Waals surface area contributed by atoms with Crippen molar-refractivity contribution in [2.45, 2.75) is 109 Å². The molecule has 0 saturated carbocycles. The van der Waals surface area contributed by atoms with Crippen LogP contribution < -0.4 is 5.32 Å². The predicted molar refractivity (Wildman–Crippen MR) is 123 cm³/mol. The van der Waals surface area contributed by atoms with Gasteiger partial charge >= 0.3 is 0 Å². The van der Waals surface area contributed by atoms with Crippen LogP contribution in [0.1, 0.15) is 102 Å². The number of unbranched alkanes of at least 4 members (excludes halogenated alkanes) is 11. The molecule has 0 fully saturated rings. The van der Waals surface area contributed by atoms with Crippen molar-refractivity contribution in [2.75, 3.05) is 6.54 Å². The molecule has 0 spiro atoms. The van der Waals surface area contributed by atoms with Gasteiger partial charge in [0.1, 0.15) is 5.75 Å². The maximum atomic E-state index is 9.92. The van der Waals surface area contributed by atoms with E-state index in [1.165, 1.54) is 88.2 Å². The molecule has 0 heterocycles. The van der Waals surface area contributed by atoms with Gasteiger partial charge in [0.05, 0.1) is 0 Å². The van der Waals surface area contributed by atoms with Gasteiger partial charge in [-0.1, -0.05) is 89.7 Å². The first-order chi connectivity index (χ1) is 12.8. The fourth-order valence-corrected chi connectivity index (χ4v) is 4.23. The van der Waals surface area contributed by atoms with Crippen molar-refractivity contribution in [2.24, 2.45) is 0 Å². The van der Waals surface area contributed by atoms with Crippen LogP contribution in [0.4, 0.5) is 0 Å². The van der Waals surface area contributed by atoms with Crippen molar-refractivity contribution in [3.8, 4) is 5.75 Å². The monoisotopic (exact) mass is 439 g/mol. The fraction of sp³-hybridized carbons (Fsp3) is 0.750. The maximum Gasteiger partial charge on any atom is 0.119 e. The summed E-state index contributed by atoms with van der Waals surface area (Å²) in [6.45, 7) is 3.44. The van der Waals surface area contributed by atoms with E-state index in [4.69, 9.17) is 0 Å². The third kappa shape index (κ3) is 9.99. The highest BCUT2D eigenvalue weighted by atomic mass is 79.9. The summed E-state index contributed by atoms with van der Waals surface area (Å²) in [5, 5.41) is 13.7. The van der Waals surface area contributed by atoms with Crippen molar-refractivity contribution in [3.05, 3.63) is 29.3 Å². The molecule has 0 bridgehead atoms. The smallest absolute Gasteiger partial charge is 0.119 e. The highest BCUT2D eigenvalue weighted by Gasteiger charge is 2.19. The minimum atomic E-state index is 0. The molecular weight excluding hydrogens is 398 g/mol.